The summed E-state index contributed by atoms with van der Waals surface area (Å²) in [5.41, 5.74) is 1.41. The molecule has 0 aliphatic heterocycles. The first kappa shape index (κ1) is 15.2. The summed E-state index contributed by atoms with van der Waals surface area (Å²) in [6, 6.07) is 9.86. The van der Waals surface area contributed by atoms with E-state index in [0.717, 1.165) is 6.42 Å². The molecule has 0 aliphatic rings. The van der Waals surface area contributed by atoms with Gasteiger partial charge in [-0.2, -0.15) is 0 Å². The number of halogens is 2. The van der Waals surface area contributed by atoms with E-state index in [0.29, 0.717) is 12.1 Å². The van der Waals surface area contributed by atoms with Crippen LogP contribution in [0.5, 0.6) is 0 Å². The Morgan fingerprint density at radius 3 is 2.13 bits per heavy atom. The molecule has 0 spiro atoms. The molecule has 1 N–H and O–H groups in total. The Labute approximate surface area is 113 Å². The van der Waals surface area contributed by atoms with Gasteiger partial charge in [0.05, 0.1) is 0 Å². The summed E-state index contributed by atoms with van der Waals surface area (Å²) in [6.07, 6.45) is 1.11. The van der Waals surface area contributed by atoms with Gasteiger partial charge in [-0.25, -0.2) is 0 Å². The van der Waals surface area contributed by atoms with Crippen molar-refractivity contribution in [2.75, 3.05) is 0 Å². The predicted molar refractivity (Wildman–Crippen MR) is 77.8 cm³/mol. The van der Waals surface area contributed by atoms with Crippen LogP contribution in [0.25, 0.3) is 0 Å². The maximum Gasteiger partial charge on any atom is 0.0130 e. The normalized spacial score (nSPS) is 12.3. The van der Waals surface area contributed by atoms with Crippen molar-refractivity contribution in [3.05, 3.63) is 33.4 Å². The van der Waals surface area contributed by atoms with Crippen molar-refractivity contribution in [3.8, 4) is 0 Å². The lowest BCUT2D eigenvalue weighted by atomic mass is 10.1. The molecular weight excluding hydrogens is 316 g/mol. The van der Waals surface area contributed by atoms with Gasteiger partial charge < -0.3 is 5.32 Å². The minimum Gasteiger partial charge on any atom is -0.312 e. The second kappa shape index (κ2) is 7.47. The molecule has 1 atom stereocenters. The molecule has 0 saturated carbocycles. The molecule has 0 heterocycles. The first-order valence-corrected chi connectivity index (χ1v) is 6.16. The summed E-state index contributed by atoms with van der Waals surface area (Å²) >= 11 is 2.33. The second-order valence-corrected chi connectivity index (χ2v) is 5.30. The summed E-state index contributed by atoms with van der Waals surface area (Å²) in [7, 11) is 0. The van der Waals surface area contributed by atoms with E-state index in [-0.39, 0.29) is 12.4 Å². The molecule has 0 fully saturated rings. The van der Waals surface area contributed by atoms with E-state index < -0.39 is 0 Å². The summed E-state index contributed by atoms with van der Waals surface area (Å²) < 4.78 is 1.30. The molecule has 1 aromatic carbocycles. The first-order chi connectivity index (χ1) is 6.58. The van der Waals surface area contributed by atoms with Crippen molar-refractivity contribution in [1.82, 2.24) is 5.32 Å². The molecule has 0 bridgehead atoms. The quantitative estimate of drug-likeness (QED) is 0.828. The highest BCUT2D eigenvalue weighted by molar-refractivity contribution is 14.1. The van der Waals surface area contributed by atoms with Crippen molar-refractivity contribution in [3.63, 3.8) is 0 Å². The van der Waals surface area contributed by atoms with Crippen LogP contribution in [0.15, 0.2) is 24.3 Å². The van der Waals surface area contributed by atoms with Gasteiger partial charge in [-0.1, -0.05) is 26.0 Å². The smallest absolute Gasteiger partial charge is 0.0130 e. The van der Waals surface area contributed by atoms with E-state index in [9.17, 15) is 0 Å². The van der Waals surface area contributed by atoms with E-state index in [4.69, 9.17) is 0 Å². The molecular formula is C12H19ClIN. The Balaban J connectivity index is 0.00000196. The van der Waals surface area contributed by atoms with Crippen molar-refractivity contribution in [2.24, 2.45) is 0 Å². The van der Waals surface area contributed by atoms with Crippen molar-refractivity contribution in [2.45, 2.75) is 39.3 Å². The number of benzene rings is 1. The van der Waals surface area contributed by atoms with E-state index >= 15 is 0 Å². The van der Waals surface area contributed by atoms with Crippen LogP contribution in [0.4, 0.5) is 0 Å². The number of hydrogen-bond donors (Lipinski definition) is 1. The fourth-order valence-corrected chi connectivity index (χ4v) is 1.96. The molecule has 1 unspecified atom stereocenters. The van der Waals surface area contributed by atoms with Crippen molar-refractivity contribution in [1.29, 1.82) is 0 Å². The van der Waals surface area contributed by atoms with Gasteiger partial charge in [-0.15, -0.1) is 12.4 Å². The van der Waals surface area contributed by atoms with E-state index in [1.165, 1.54) is 9.13 Å². The molecule has 1 aromatic rings. The highest BCUT2D eigenvalue weighted by Crippen LogP contribution is 2.08. The highest BCUT2D eigenvalue weighted by Gasteiger charge is 2.04. The minimum atomic E-state index is 0. The van der Waals surface area contributed by atoms with E-state index in [1.807, 2.05) is 0 Å². The molecule has 0 aliphatic carbocycles. The minimum absolute atomic E-state index is 0. The topological polar surface area (TPSA) is 12.0 Å². The van der Waals surface area contributed by atoms with Crippen molar-refractivity contribution < 1.29 is 0 Å². The number of hydrogen-bond acceptors (Lipinski definition) is 1. The maximum absolute atomic E-state index is 3.50. The lowest BCUT2D eigenvalue weighted by molar-refractivity contribution is 0.488. The van der Waals surface area contributed by atoms with Crippen LogP contribution in [-0.2, 0) is 6.42 Å². The average Bonchev–Trinajstić information content (AvgIpc) is 2.07. The zero-order valence-electron chi connectivity index (χ0n) is 9.46. The molecule has 1 rings (SSSR count). The van der Waals surface area contributed by atoms with Crippen molar-refractivity contribution >= 4 is 35.0 Å². The van der Waals surface area contributed by atoms with E-state index in [1.54, 1.807) is 0 Å². The second-order valence-electron chi connectivity index (χ2n) is 4.05. The number of rotatable bonds is 4. The third-order valence-corrected chi connectivity index (χ3v) is 2.79. The zero-order chi connectivity index (χ0) is 10.6. The largest absolute Gasteiger partial charge is 0.312 e. The van der Waals surface area contributed by atoms with Gasteiger partial charge >= 0.3 is 0 Å². The Kier molecular flexibility index (Phi) is 7.57. The monoisotopic (exact) mass is 335 g/mol. The molecule has 3 heteroatoms. The Morgan fingerprint density at radius 2 is 1.67 bits per heavy atom. The van der Waals surface area contributed by atoms with E-state index in [2.05, 4.69) is 72.9 Å². The SMILES string of the molecule is CC(C)NC(C)Cc1ccc([123I])cc1.Cl. The maximum atomic E-state index is 3.50. The zero-order valence-corrected chi connectivity index (χ0v) is 12.4. The standard InChI is InChI=1S/C12H18IN.ClH/c1-9(2)14-10(3)8-11-4-6-12(13)7-5-11;/h4-7,9-10,14H,8H2,1-3H3;1H/i13-4;. The van der Waals surface area contributed by atoms with Gasteiger partial charge in [-0.05, 0) is 53.6 Å². The fraction of sp³-hybridized carbons (Fsp3) is 0.500. The van der Waals surface area contributed by atoms with Crippen LogP contribution < -0.4 is 5.32 Å². The van der Waals surface area contributed by atoms with Gasteiger partial charge in [0.25, 0.3) is 0 Å². The van der Waals surface area contributed by atoms with Crippen LogP contribution in [0.3, 0.4) is 0 Å². The molecule has 0 amide bonds. The summed E-state index contributed by atoms with van der Waals surface area (Å²) in [5, 5.41) is 3.50. The molecule has 0 radical (unpaired) electrons. The first-order valence-electron chi connectivity index (χ1n) is 5.08. The molecule has 86 valence electrons. The lowest BCUT2D eigenvalue weighted by Gasteiger charge is -2.16. The Morgan fingerprint density at radius 1 is 1.13 bits per heavy atom. The molecule has 1 nitrogen and oxygen atoms in total. The number of nitrogens with one attached hydrogen (secondary N) is 1. The summed E-state index contributed by atoms with van der Waals surface area (Å²) in [6.45, 7) is 6.60. The van der Waals surface area contributed by atoms with Gasteiger partial charge in [0.15, 0.2) is 0 Å². The highest BCUT2D eigenvalue weighted by atomic mass is 123. The van der Waals surface area contributed by atoms with Crippen LogP contribution in [0.1, 0.15) is 26.3 Å². The van der Waals surface area contributed by atoms with Crippen LogP contribution in [-0.4, -0.2) is 12.1 Å². The Bertz CT molecular complexity index is 271. The van der Waals surface area contributed by atoms with Gasteiger partial charge in [0.2, 0.25) is 0 Å². The lowest BCUT2D eigenvalue weighted by Crippen LogP contribution is -2.33. The molecule has 0 saturated heterocycles. The van der Waals surface area contributed by atoms with Gasteiger partial charge in [0.1, 0.15) is 0 Å². The average molecular weight is 336 g/mol. The van der Waals surface area contributed by atoms with Crippen LogP contribution in [0, 0.1) is 3.57 Å². The Hall–Kier alpha value is 0.200. The van der Waals surface area contributed by atoms with Crippen LogP contribution in [0.2, 0.25) is 0 Å². The predicted octanol–water partition coefficient (Wildman–Crippen LogP) is 3.64. The fourth-order valence-electron chi connectivity index (χ4n) is 1.60. The van der Waals surface area contributed by atoms with Gasteiger partial charge in [-0.3, -0.25) is 0 Å². The third kappa shape index (κ3) is 6.38. The molecule has 0 aromatic heterocycles. The van der Waals surface area contributed by atoms with Crippen LogP contribution >= 0.6 is 35.0 Å². The summed E-state index contributed by atoms with van der Waals surface area (Å²) in [4.78, 5) is 0. The van der Waals surface area contributed by atoms with Gasteiger partial charge in [0, 0.05) is 15.7 Å². The summed E-state index contributed by atoms with van der Waals surface area (Å²) in [5.74, 6) is 0. The molecule has 15 heavy (non-hydrogen) atoms. The third-order valence-electron chi connectivity index (χ3n) is 2.07.